The largest absolute Gasteiger partial charge is 0.467 e. The van der Waals surface area contributed by atoms with Crippen molar-refractivity contribution in [1.82, 2.24) is 9.80 Å². The van der Waals surface area contributed by atoms with E-state index in [-0.39, 0.29) is 5.97 Å². The number of carbonyl (C=O) groups is 2. The molecule has 0 bridgehead atoms. The second-order valence-corrected chi connectivity index (χ2v) is 6.81. The molecule has 0 aromatic carbocycles. The predicted molar refractivity (Wildman–Crippen MR) is 88.5 cm³/mol. The second-order valence-electron chi connectivity index (χ2n) is 6.81. The number of methoxy groups -OCH3 is 1. The van der Waals surface area contributed by atoms with Crippen molar-refractivity contribution in [2.45, 2.75) is 38.6 Å². The van der Waals surface area contributed by atoms with E-state index in [0.29, 0.717) is 23.9 Å². The van der Waals surface area contributed by atoms with Crippen LogP contribution in [-0.2, 0) is 16.1 Å². The van der Waals surface area contributed by atoms with Gasteiger partial charge in [0.25, 0.3) is 0 Å². The van der Waals surface area contributed by atoms with Crippen LogP contribution in [0.2, 0.25) is 0 Å². The SMILES string of the molecule is COC(=O)c1coc(CN2CCC(CN3CCCCC3=O)CC2)c1. The van der Waals surface area contributed by atoms with Gasteiger partial charge in [-0.2, -0.15) is 0 Å². The lowest BCUT2D eigenvalue weighted by molar-refractivity contribution is -0.134. The number of carbonyl (C=O) groups excluding carboxylic acids is 2. The topological polar surface area (TPSA) is 63.0 Å². The summed E-state index contributed by atoms with van der Waals surface area (Å²) in [6.45, 7) is 4.57. The van der Waals surface area contributed by atoms with Crippen LogP contribution in [0.15, 0.2) is 16.7 Å². The molecule has 6 nitrogen and oxygen atoms in total. The molecule has 0 saturated carbocycles. The zero-order chi connectivity index (χ0) is 16.9. The van der Waals surface area contributed by atoms with Crippen LogP contribution < -0.4 is 0 Å². The first-order valence-electron chi connectivity index (χ1n) is 8.81. The smallest absolute Gasteiger partial charge is 0.341 e. The average molecular weight is 334 g/mol. The van der Waals surface area contributed by atoms with Gasteiger partial charge in [0.15, 0.2) is 0 Å². The third-order valence-corrected chi connectivity index (χ3v) is 5.06. The number of rotatable bonds is 5. The summed E-state index contributed by atoms with van der Waals surface area (Å²) in [4.78, 5) is 27.8. The monoisotopic (exact) mass is 334 g/mol. The zero-order valence-corrected chi connectivity index (χ0v) is 14.3. The van der Waals surface area contributed by atoms with Crippen LogP contribution in [-0.4, -0.2) is 55.0 Å². The number of hydrogen-bond donors (Lipinski definition) is 0. The summed E-state index contributed by atoms with van der Waals surface area (Å²) >= 11 is 0. The highest BCUT2D eigenvalue weighted by Crippen LogP contribution is 2.22. The molecular weight excluding hydrogens is 308 g/mol. The first-order valence-corrected chi connectivity index (χ1v) is 8.81. The minimum Gasteiger partial charge on any atom is -0.467 e. The molecule has 0 radical (unpaired) electrons. The van der Waals surface area contributed by atoms with E-state index in [0.717, 1.165) is 64.0 Å². The summed E-state index contributed by atoms with van der Waals surface area (Å²) in [6.07, 6.45) is 6.58. The first kappa shape index (κ1) is 17.0. The van der Waals surface area contributed by atoms with Gasteiger partial charge in [0.05, 0.1) is 19.2 Å². The molecule has 24 heavy (non-hydrogen) atoms. The van der Waals surface area contributed by atoms with Crippen molar-refractivity contribution >= 4 is 11.9 Å². The molecule has 1 aromatic rings. The second kappa shape index (κ2) is 7.83. The van der Waals surface area contributed by atoms with E-state index in [1.54, 1.807) is 6.07 Å². The Morgan fingerprint density at radius 3 is 2.79 bits per heavy atom. The number of furan rings is 1. The molecule has 1 amide bonds. The van der Waals surface area contributed by atoms with Gasteiger partial charge in [-0.05, 0) is 50.8 Å². The maximum Gasteiger partial charge on any atom is 0.341 e. The van der Waals surface area contributed by atoms with E-state index in [2.05, 4.69) is 14.5 Å². The Morgan fingerprint density at radius 2 is 2.08 bits per heavy atom. The number of esters is 1. The van der Waals surface area contributed by atoms with Crippen molar-refractivity contribution in [2.24, 2.45) is 5.92 Å². The van der Waals surface area contributed by atoms with Gasteiger partial charge in [-0.1, -0.05) is 0 Å². The minimum absolute atomic E-state index is 0.328. The van der Waals surface area contributed by atoms with Crippen molar-refractivity contribution in [3.8, 4) is 0 Å². The number of likely N-dealkylation sites (tertiary alicyclic amines) is 2. The van der Waals surface area contributed by atoms with Crippen LogP contribution in [0.25, 0.3) is 0 Å². The molecule has 3 heterocycles. The molecule has 0 atom stereocenters. The van der Waals surface area contributed by atoms with Crippen LogP contribution in [0.1, 0.15) is 48.2 Å². The van der Waals surface area contributed by atoms with Crippen molar-refractivity contribution < 1.29 is 18.7 Å². The maximum absolute atomic E-state index is 11.9. The number of hydrogen-bond acceptors (Lipinski definition) is 5. The number of amides is 1. The van der Waals surface area contributed by atoms with E-state index in [1.165, 1.54) is 13.4 Å². The molecular formula is C18H26N2O4. The Balaban J connectivity index is 1.44. The zero-order valence-electron chi connectivity index (χ0n) is 14.3. The fourth-order valence-corrected chi connectivity index (χ4v) is 3.60. The summed E-state index contributed by atoms with van der Waals surface area (Å²) in [7, 11) is 1.37. The highest BCUT2D eigenvalue weighted by molar-refractivity contribution is 5.88. The van der Waals surface area contributed by atoms with E-state index in [9.17, 15) is 9.59 Å². The van der Waals surface area contributed by atoms with Gasteiger partial charge in [0.1, 0.15) is 12.0 Å². The van der Waals surface area contributed by atoms with Gasteiger partial charge in [-0.15, -0.1) is 0 Å². The average Bonchev–Trinajstić information content (AvgIpc) is 3.06. The van der Waals surface area contributed by atoms with Crippen molar-refractivity contribution in [3.63, 3.8) is 0 Å². The lowest BCUT2D eigenvalue weighted by atomic mass is 9.95. The molecule has 2 aliphatic heterocycles. The molecule has 2 fully saturated rings. The third kappa shape index (κ3) is 4.17. The normalized spacial score (nSPS) is 20.4. The van der Waals surface area contributed by atoms with E-state index in [1.807, 2.05) is 0 Å². The van der Waals surface area contributed by atoms with Crippen molar-refractivity contribution in [3.05, 3.63) is 23.7 Å². The van der Waals surface area contributed by atoms with Crippen LogP contribution >= 0.6 is 0 Å². The molecule has 132 valence electrons. The Bertz CT molecular complexity index is 575. The van der Waals surface area contributed by atoms with Crippen LogP contribution in [0, 0.1) is 5.92 Å². The minimum atomic E-state index is -0.366. The standard InChI is InChI=1S/C18H26N2O4/c1-23-18(22)15-10-16(24-13-15)12-19-8-5-14(6-9-19)11-20-7-3-2-4-17(20)21/h10,13-14H,2-9,11-12H2,1H3. The lowest BCUT2D eigenvalue weighted by Crippen LogP contribution is -2.42. The highest BCUT2D eigenvalue weighted by Gasteiger charge is 2.25. The van der Waals surface area contributed by atoms with Crippen molar-refractivity contribution in [1.29, 1.82) is 0 Å². The molecule has 0 unspecified atom stereocenters. The summed E-state index contributed by atoms with van der Waals surface area (Å²) in [5.41, 5.74) is 0.464. The fourth-order valence-electron chi connectivity index (χ4n) is 3.60. The third-order valence-electron chi connectivity index (χ3n) is 5.06. The van der Waals surface area contributed by atoms with Gasteiger partial charge in [0, 0.05) is 19.5 Å². The fraction of sp³-hybridized carbons (Fsp3) is 0.667. The van der Waals surface area contributed by atoms with Gasteiger partial charge in [-0.25, -0.2) is 4.79 Å². The quantitative estimate of drug-likeness (QED) is 0.773. The summed E-state index contributed by atoms with van der Waals surface area (Å²) in [6, 6.07) is 1.75. The van der Waals surface area contributed by atoms with Gasteiger partial charge in [0.2, 0.25) is 5.91 Å². The van der Waals surface area contributed by atoms with E-state index < -0.39 is 0 Å². The van der Waals surface area contributed by atoms with Gasteiger partial charge >= 0.3 is 5.97 Å². The molecule has 1 aromatic heterocycles. The number of piperidine rings is 2. The predicted octanol–water partition coefficient (Wildman–Crippen LogP) is 2.29. The summed E-state index contributed by atoms with van der Waals surface area (Å²) in [5.74, 6) is 1.36. The molecule has 0 spiro atoms. The number of nitrogens with zero attached hydrogens (tertiary/aromatic N) is 2. The van der Waals surface area contributed by atoms with E-state index >= 15 is 0 Å². The molecule has 0 N–H and O–H groups in total. The molecule has 0 aliphatic carbocycles. The first-order chi connectivity index (χ1) is 11.7. The maximum atomic E-state index is 11.9. The molecule has 2 aliphatic rings. The van der Waals surface area contributed by atoms with E-state index in [4.69, 9.17) is 4.42 Å². The summed E-state index contributed by atoms with van der Waals surface area (Å²) in [5, 5.41) is 0. The number of ether oxygens (including phenoxy) is 1. The Labute approximate surface area is 142 Å². The van der Waals surface area contributed by atoms with Gasteiger partial charge < -0.3 is 14.1 Å². The Morgan fingerprint density at radius 1 is 1.29 bits per heavy atom. The summed E-state index contributed by atoms with van der Waals surface area (Å²) < 4.78 is 10.1. The van der Waals surface area contributed by atoms with Crippen LogP contribution in [0.3, 0.4) is 0 Å². The lowest BCUT2D eigenvalue weighted by Gasteiger charge is -2.35. The molecule has 6 heteroatoms. The van der Waals surface area contributed by atoms with Gasteiger partial charge in [-0.3, -0.25) is 9.69 Å². The van der Waals surface area contributed by atoms with Crippen LogP contribution in [0.5, 0.6) is 0 Å². The van der Waals surface area contributed by atoms with Crippen LogP contribution in [0.4, 0.5) is 0 Å². The molecule has 3 rings (SSSR count). The molecule has 2 saturated heterocycles. The Kier molecular flexibility index (Phi) is 5.56. The highest BCUT2D eigenvalue weighted by atomic mass is 16.5. The van der Waals surface area contributed by atoms with Crippen molar-refractivity contribution in [2.75, 3.05) is 33.3 Å². The Hall–Kier alpha value is -1.82.